The number of hydrogen-bond acceptors (Lipinski definition) is 3. The topological polar surface area (TPSA) is 106 Å². The maximum absolute atomic E-state index is 12.3. The van der Waals surface area contributed by atoms with Crippen molar-refractivity contribution < 1.29 is 4.79 Å². The number of aromatic amines is 3. The van der Waals surface area contributed by atoms with E-state index in [1.807, 2.05) is 6.07 Å². The van der Waals surface area contributed by atoms with E-state index in [2.05, 4.69) is 25.7 Å². The number of nitrogens with one attached hydrogen (secondary N) is 4. The lowest BCUT2D eigenvalue weighted by atomic mass is 10.0. The first kappa shape index (κ1) is 14.7. The van der Waals surface area contributed by atoms with Crippen LogP contribution in [-0.2, 0) is 17.6 Å². The standard InChI is InChI=1S/C17H19N5O2/c1-9(23)19-20-10-7-12-15-14(8-10)18-13-6-4-2-3-5-11(13)16(15)21-22-17(12)24/h7-8,18,21H,2-6H2,1H3,(H,19,23)(H,22,24)/b20-10+. The van der Waals surface area contributed by atoms with Gasteiger partial charge >= 0.3 is 0 Å². The number of carbonyl (C=O) groups excluding carboxylic acids is 1. The number of H-pyrrole nitrogens is 3. The molecule has 2 heterocycles. The molecule has 124 valence electrons. The molecule has 3 aromatic rings. The number of carbonyl (C=O) groups is 1. The summed E-state index contributed by atoms with van der Waals surface area (Å²) in [5, 5.41) is 11.9. The molecule has 0 saturated heterocycles. The Balaban J connectivity index is 2.09. The Morgan fingerprint density at radius 2 is 2.00 bits per heavy atom. The predicted octanol–water partition coefficient (Wildman–Crippen LogP) is 1.56. The van der Waals surface area contributed by atoms with Crippen molar-refractivity contribution in [2.75, 3.05) is 0 Å². The third-order valence-electron chi connectivity index (χ3n) is 4.57. The molecule has 0 unspecified atom stereocenters. The zero-order chi connectivity index (χ0) is 16.7. The van der Waals surface area contributed by atoms with E-state index in [0.717, 1.165) is 42.1 Å². The first-order valence-corrected chi connectivity index (χ1v) is 8.22. The second-order valence-corrected chi connectivity index (χ2v) is 6.29. The number of benzene rings is 1. The van der Waals surface area contributed by atoms with Crippen LogP contribution in [0, 0.1) is 0 Å². The third-order valence-corrected chi connectivity index (χ3v) is 4.57. The Hall–Kier alpha value is -2.83. The van der Waals surface area contributed by atoms with Gasteiger partial charge in [0, 0.05) is 18.0 Å². The van der Waals surface area contributed by atoms with Gasteiger partial charge in [-0.05, 0) is 43.4 Å². The normalized spacial score (nSPS) is 15.5. The van der Waals surface area contributed by atoms with E-state index in [0.29, 0.717) is 10.7 Å². The molecule has 1 aliphatic carbocycles. The molecule has 2 aromatic heterocycles. The van der Waals surface area contributed by atoms with Crippen molar-refractivity contribution >= 4 is 27.7 Å². The summed E-state index contributed by atoms with van der Waals surface area (Å²) in [5.41, 5.74) is 6.53. The lowest BCUT2D eigenvalue weighted by molar-refractivity contribution is -0.119. The van der Waals surface area contributed by atoms with Crippen molar-refractivity contribution in [3.63, 3.8) is 0 Å². The molecule has 0 bridgehead atoms. The SMILES string of the molecule is CC(=O)N/N=c1/cc2[nH]c3c(c4[nH][nH]c(=O)c(c1)c24)CCCCC3. The minimum absolute atomic E-state index is 0.200. The zero-order valence-electron chi connectivity index (χ0n) is 13.5. The monoisotopic (exact) mass is 325 g/mol. The van der Waals surface area contributed by atoms with Gasteiger partial charge in [-0.3, -0.25) is 19.8 Å². The van der Waals surface area contributed by atoms with Crippen LogP contribution < -0.4 is 16.3 Å². The summed E-state index contributed by atoms with van der Waals surface area (Å²) in [5.74, 6) is -0.249. The fraction of sp³-hybridized carbons (Fsp3) is 0.353. The van der Waals surface area contributed by atoms with Gasteiger partial charge in [0.25, 0.3) is 5.56 Å². The molecule has 4 N–H and O–H groups in total. The van der Waals surface area contributed by atoms with Gasteiger partial charge < -0.3 is 4.98 Å². The molecule has 0 fully saturated rings. The van der Waals surface area contributed by atoms with Crippen LogP contribution in [0.15, 0.2) is 22.0 Å². The molecule has 0 radical (unpaired) electrons. The van der Waals surface area contributed by atoms with Gasteiger partial charge in [0.15, 0.2) is 0 Å². The fourth-order valence-corrected chi connectivity index (χ4v) is 3.52. The molecule has 1 aromatic carbocycles. The quantitative estimate of drug-likeness (QED) is 0.402. The Morgan fingerprint density at radius 1 is 1.17 bits per heavy atom. The van der Waals surface area contributed by atoms with E-state index in [4.69, 9.17) is 0 Å². The van der Waals surface area contributed by atoms with E-state index in [1.165, 1.54) is 24.6 Å². The summed E-state index contributed by atoms with van der Waals surface area (Å²) in [6.45, 7) is 1.40. The van der Waals surface area contributed by atoms with Crippen molar-refractivity contribution in [3.05, 3.63) is 39.1 Å². The second kappa shape index (κ2) is 5.67. The van der Waals surface area contributed by atoms with Crippen molar-refractivity contribution in [2.45, 2.75) is 39.0 Å². The minimum atomic E-state index is -0.249. The maximum Gasteiger partial charge on any atom is 0.270 e. The van der Waals surface area contributed by atoms with Gasteiger partial charge in [0.1, 0.15) is 0 Å². The van der Waals surface area contributed by atoms with Gasteiger partial charge in [-0.1, -0.05) is 6.42 Å². The Bertz CT molecular complexity index is 1070. The average Bonchev–Trinajstić information content (AvgIpc) is 2.80. The van der Waals surface area contributed by atoms with Crippen molar-refractivity contribution in [1.82, 2.24) is 20.6 Å². The van der Waals surface area contributed by atoms with Crippen LogP contribution in [0.25, 0.3) is 21.8 Å². The van der Waals surface area contributed by atoms with Crippen molar-refractivity contribution in [3.8, 4) is 0 Å². The first-order chi connectivity index (χ1) is 11.6. The van der Waals surface area contributed by atoms with Crippen LogP contribution in [0.3, 0.4) is 0 Å². The van der Waals surface area contributed by atoms with E-state index < -0.39 is 0 Å². The Kier molecular flexibility index (Phi) is 3.48. The molecule has 0 aliphatic heterocycles. The molecule has 1 aliphatic rings. The molecule has 24 heavy (non-hydrogen) atoms. The number of amides is 1. The Morgan fingerprint density at radius 3 is 2.83 bits per heavy atom. The first-order valence-electron chi connectivity index (χ1n) is 8.22. The predicted molar refractivity (Wildman–Crippen MR) is 91.4 cm³/mol. The molecule has 0 saturated carbocycles. The van der Waals surface area contributed by atoms with Crippen molar-refractivity contribution in [2.24, 2.45) is 5.10 Å². The number of hydrogen-bond donors (Lipinski definition) is 4. The van der Waals surface area contributed by atoms with E-state index in [9.17, 15) is 9.59 Å². The molecular weight excluding hydrogens is 306 g/mol. The smallest absolute Gasteiger partial charge is 0.270 e. The van der Waals surface area contributed by atoms with Gasteiger partial charge in [0.2, 0.25) is 5.91 Å². The van der Waals surface area contributed by atoms with Crippen LogP contribution in [0.5, 0.6) is 0 Å². The third kappa shape index (κ3) is 2.42. The summed E-state index contributed by atoms with van der Waals surface area (Å²) < 4.78 is 0. The molecule has 1 amide bonds. The Labute approximate surface area is 137 Å². The van der Waals surface area contributed by atoms with Gasteiger partial charge in [-0.25, -0.2) is 5.43 Å². The summed E-state index contributed by atoms with van der Waals surface area (Å²) in [6, 6.07) is 3.57. The number of rotatable bonds is 1. The second-order valence-electron chi connectivity index (χ2n) is 6.29. The molecular formula is C17H19N5O2. The molecule has 7 nitrogen and oxygen atoms in total. The highest BCUT2D eigenvalue weighted by atomic mass is 16.2. The van der Waals surface area contributed by atoms with E-state index in [-0.39, 0.29) is 11.5 Å². The highest BCUT2D eigenvalue weighted by molar-refractivity contribution is 6.07. The number of pyridine rings is 1. The maximum atomic E-state index is 12.3. The van der Waals surface area contributed by atoms with Gasteiger partial charge in [-0.2, -0.15) is 5.10 Å². The van der Waals surface area contributed by atoms with Crippen LogP contribution in [0.2, 0.25) is 0 Å². The molecule has 0 atom stereocenters. The summed E-state index contributed by atoms with van der Waals surface area (Å²) in [6.07, 6.45) is 5.51. The summed E-state index contributed by atoms with van der Waals surface area (Å²) in [7, 11) is 0. The lowest BCUT2D eigenvalue weighted by Gasteiger charge is -2.14. The number of aryl methyl sites for hydroxylation is 2. The largest absolute Gasteiger partial charge is 0.358 e. The highest BCUT2D eigenvalue weighted by Crippen LogP contribution is 2.29. The molecule has 4 rings (SSSR count). The van der Waals surface area contributed by atoms with Gasteiger partial charge in [0.05, 0.1) is 21.8 Å². The van der Waals surface area contributed by atoms with Crippen LogP contribution in [0.1, 0.15) is 37.4 Å². The number of fused-ring (bicyclic) bond motifs is 2. The number of aromatic nitrogens is 3. The van der Waals surface area contributed by atoms with Crippen LogP contribution in [0.4, 0.5) is 0 Å². The van der Waals surface area contributed by atoms with Crippen molar-refractivity contribution in [1.29, 1.82) is 0 Å². The summed E-state index contributed by atoms with van der Waals surface area (Å²) >= 11 is 0. The molecule has 0 spiro atoms. The molecule has 7 heteroatoms. The van der Waals surface area contributed by atoms with E-state index in [1.54, 1.807) is 6.07 Å². The summed E-state index contributed by atoms with van der Waals surface area (Å²) in [4.78, 5) is 26.9. The van der Waals surface area contributed by atoms with Gasteiger partial charge in [-0.15, -0.1) is 0 Å². The van der Waals surface area contributed by atoms with Crippen LogP contribution >= 0.6 is 0 Å². The highest BCUT2D eigenvalue weighted by Gasteiger charge is 2.16. The van der Waals surface area contributed by atoms with E-state index >= 15 is 0 Å². The number of nitrogens with zero attached hydrogens (tertiary/aromatic N) is 1. The average molecular weight is 325 g/mol. The minimum Gasteiger partial charge on any atom is -0.358 e. The zero-order valence-corrected chi connectivity index (χ0v) is 13.5. The van der Waals surface area contributed by atoms with Crippen LogP contribution in [-0.4, -0.2) is 21.1 Å². The fourth-order valence-electron chi connectivity index (χ4n) is 3.52. The lowest BCUT2D eigenvalue weighted by Crippen LogP contribution is -2.19.